The van der Waals surface area contributed by atoms with E-state index in [0.717, 1.165) is 25.9 Å². The summed E-state index contributed by atoms with van der Waals surface area (Å²) in [6.45, 7) is 8.57. The number of nitrogens with one attached hydrogen (secondary N) is 1. The van der Waals surface area contributed by atoms with Crippen LogP contribution in [-0.2, 0) is 0 Å². The predicted octanol–water partition coefficient (Wildman–Crippen LogP) is 1.47. The van der Waals surface area contributed by atoms with Gasteiger partial charge in [-0.2, -0.15) is 5.10 Å². The molecule has 1 N–H and O–H groups in total. The Morgan fingerprint density at radius 2 is 2.11 bits per heavy atom. The van der Waals surface area contributed by atoms with Gasteiger partial charge in [0.05, 0.1) is 0 Å². The number of aromatic nitrogens is 2. The molecule has 0 radical (unpaired) electrons. The van der Waals surface area contributed by atoms with Crippen molar-refractivity contribution >= 4 is 5.91 Å². The Bertz CT molecular complexity index is 424. The number of piperidine rings is 1. The molecule has 0 aromatic carbocycles. The highest BCUT2D eigenvalue weighted by Crippen LogP contribution is 2.23. The van der Waals surface area contributed by atoms with Crippen molar-refractivity contribution in [1.82, 2.24) is 20.4 Å². The second-order valence-corrected chi connectivity index (χ2v) is 5.75. The predicted molar refractivity (Wildman–Crippen MR) is 73.8 cm³/mol. The molecule has 1 aromatic heterocycles. The number of carbonyl (C=O) groups excluding carboxylic acids is 1. The van der Waals surface area contributed by atoms with Crippen molar-refractivity contribution in [3.63, 3.8) is 0 Å². The summed E-state index contributed by atoms with van der Waals surface area (Å²) >= 11 is 0. The number of hydrogen-bond donors (Lipinski definition) is 1. The SMILES string of the molecule is CC(C)N1CCC(C)(NC(=O)c2cccnn2)CC1. The van der Waals surface area contributed by atoms with E-state index in [-0.39, 0.29) is 11.4 Å². The third kappa shape index (κ3) is 3.50. The van der Waals surface area contributed by atoms with Crippen molar-refractivity contribution in [2.75, 3.05) is 13.1 Å². The van der Waals surface area contributed by atoms with Gasteiger partial charge in [-0.1, -0.05) is 0 Å². The fourth-order valence-corrected chi connectivity index (χ4v) is 2.42. The minimum Gasteiger partial charge on any atom is -0.345 e. The summed E-state index contributed by atoms with van der Waals surface area (Å²) in [7, 11) is 0. The monoisotopic (exact) mass is 262 g/mol. The van der Waals surface area contributed by atoms with E-state index in [1.807, 2.05) is 0 Å². The molecule has 19 heavy (non-hydrogen) atoms. The van der Waals surface area contributed by atoms with Crippen LogP contribution >= 0.6 is 0 Å². The molecule has 1 amide bonds. The summed E-state index contributed by atoms with van der Waals surface area (Å²) in [5, 5.41) is 10.7. The zero-order chi connectivity index (χ0) is 13.9. The van der Waals surface area contributed by atoms with Crippen LogP contribution < -0.4 is 5.32 Å². The minimum atomic E-state index is -0.139. The van der Waals surface area contributed by atoms with Crippen molar-refractivity contribution in [2.24, 2.45) is 0 Å². The van der Waals surface area contributed by atoms with Crippen LogP contribution in [0.15, 0.2) is 18.3 Å². The van der Waals surface area contributed by atoms with Crippen molar-refractivity contribution in [1.29, 1.82) is 0 Å². The molecule has 2 rings (SSSR count). The van der Waals surface area contributed by atoms with E-state index in [0.29, 0.717) is 11.7 Å². The van der Waals surface area contributed by atoms with Gasteiger partial charge in [-0.15, -0.1) is 5.10 Å². The van der Waals surface area contributed by atoms with Gasteiger partial charge in [0.15, 0.2) is 5.69 Å². The molecule has 0 saturated carbocycles. The third-order valence-electron chi connectivity index (χ3n) is 3.85. The summed E-state index contributed by atoms with van der Waals surface area (Å²) in [6, 6.07) is 3.99. The standard InChI is InChI=1S/C14H22N4O/c1-11(2)18-9-6-14(3,7-10-18)16-13(19)12-5-4-8-15-17-12/h4-5,8,11H,6-7,9-10H2,1-3H3,(H,16,19). The lowest BCUT2D eigenvalue weighted by Crippen LogP contribution is -2.54. The smallest absolute Gasteiger partial charge is 0.272 e. The Morgan fingerprint density at radius 3 is 2.63 bits per heavy atom. The van der Waals surface area contributed by atoms with Gasteiger partial charge in [-0.3, -0.25) is 4.79 Å². The number of likely N-dealkylation sites (tertiary alicyclic amines) is 1. The number of hydrogen-bond acceptors (Lipinski definition) is 4. The van der Waals surface area contributed by atoms with Gasteiger partial charge < -0.3 is 10.2 Å². The maximum atomic E-state index is 12.1. The molecule has 1 aromatic rings. The highest BCUT2D eigenvalue weighted by atomic mass is 16.2. The van der Waals surface area contributed by atoms with Crippen LogP contribution in [0.1, 0.15) is 44.1 Å². The van der Waals surface area contributed by atoms with E-state index in [9.17, 15) is 4.79 Å². The molecule has 0 bridgehead atoms. The number of amides is 1. The molecule has 2 heterocycles. The molecule has 5 nitrogen and oxygen atoms in total. The maximum Gasteiger partial charge on any atom is 0.272 e. The molecule has 1 aliphatic heterocycles. The second kappa shape index (κ2) is 5.65. The first-order valence-corrected chi connectivity index (χ1v) is 6.84. The van der Waals surface area contributed by atoms with Gasteiger partial charge in [0, 0.05) is 30.9 Å². The zero-order valence-corrected chi connectivity index (χ0v) is 11.9. The first-order chi connectivity index (χ1) is 9.00. The van der Waals surface area contributed by atoms with E-state index in [2.05, 4.69) is 41.2 Å². The highest BCUT2D eigenvalue weighted by molar-refractivity contribution is 5.92. The van der Waals surface area contributed by atoms with Crippen LogP contribution in [0.25, 0.3) is 0 Å². The van der Waals surface area contributed by atoms with Gasteiger partial charge in [0.1, 0.15) is 0 Å². The van der Waals surface area contributed by atoms with Gasteiger partial charge in [0.25, 0.3) is 5.91 Å². The maximum absolute atomic E-state index is 12.1. The van der Waals surface area contributed by atoms with E-state index >= 15 is 0 Å². The highest BCUT2D eigenvalue weighted by Gasteiger charge is 2.32. The Hall–Kier alpha value is -1.49. The van der Waals surface area contributed by atoms with Crippen LogP contribution in [0.5, 0.6) is 0 Å². The fraction of sp³-hybridized carbons (Fsp3) is 0.643. The van der Waals surface area contributed by atoms with Crippen LogP contribution in [-0.4, -0.2) is 45.7 Å². The molecule has 0 atom stereocenters. The van der Waals surface area contributed by atoms with Gasteiger partial charge in [-0.05, 0) is 45.7 Å². The lowest BCUT2D eigenvalue weighted by atomic mass is 9.89. The molecule has 1 aliphatic rings. The van der Waals surface area contributed by atoms with E-state index in [1.165, 1.54) is 0 Å². The van der Waals surface area contributed by atoms with Crippen molar-refractivity contribution in [2.45, 2.75) is 45.2 Å². The topological polar surface area (TPSA) is 58.1 Å². The molecule has 0 aliphatic carbocycles. The molecular formula is C14H22N4O. The first kappa shape index (κ1) is 13.9. The van der Waals surface area contributed by atoms with Gasteiger partial charge >= 0.3 is 0 Å². The van der Waals surface area contributed by atoms with Crippen molar-refractivity contribution in [3.05, 3.63) is 24.0 Å². The molecule has 0 unspecified atom stereocenters. The Morgan fingerprint density at radius 1 is 1.42 bits per heavy atom. The van der Waals surface area contributed by atoms with Gasteiger partial charge in [-0.25, -0.2) is 0 Å². The van der Waals surface area contributed by atoms with Crippen LogP contribution in [0, 0.1) is 0 Å². The number of rotatable bonds is 3. The number of carbonyl (C=O) groups is 1. The Kier molecular flexibility index (Phi) is 4.14. The van der Waals surface area contributed by atoms with Crippen molar-refractivity contribution < 1.29 is 4.79 Å². The molecule has 5 heteroatoms. The molecule has 1 fully saturated rings. The summed E-state index contributed by atoms with van der Waals surface area (Å²) in [5.41, 5.74) is 0.245. The molecule has 104 valence electrons. The first-order valence-electron chi connectivity index (χ1n) is 6.84. The quantitative estimate of drug-likeness (QED) is 0.896. The molecule has 1 saturated heterocycles. The zero-order valence-electron chi connectivity index (χ0n) is 11.9. The Labute approximate surface area is 114 Å². The van der Waals surface area contributed by atoms with E-state index in [4.69, 9.17) is 0 Å². The summed E-state index contributed by atoms with van der Waals surface area (Å²) in [5.74, 6) is -0.131. The lowest BCUT2D eigenvalue weighted by Gasteiger charge is -2.41. The third-order valence-corrected chi connectivity index (χ3v) is 3.85. The van der Waals surface area contributed by atoms with Gasteiger partial charge in [0.2, 0.25) is 0 Å². The Balaban J connectivity index is 1.94. The largest absolute Gasteiger partial charge is 0.345 e. The van der Waals surface area contributed by atoms with Crippen LogP contribution in [0.4, 0.5) is 0 Å². The van der Waals surface area contributed by atoms with E-state index < -0.39 is 0 Å². The normalized spacial score (nSPS) is 19.4. The van der Waals surface area contributed by atoms with E-state index in [1.54, 1.807) is 18.3 Å². The minimum absolute atomic E-state index is 0.131. The fourth-order valence-electron chi connectivity index (χ4n) is 2.42. The van der Waals surface area contributed by atoms with Crippen LogP contribution in [0.3, 0.4) is 0 Å². The summed E-state index contributed by atoms with van der Waals surface area (Å²) in [4.78, 5) is 14.5. The molecular weight excluding hydrogens is 240 g/mol. The number of nitrogens with zero attached hydrogens (tertiary/aromatic N) is 3. The van der Waals surface area contributed by atoms with Crippen LogP contribution in [0.2, 0.25) is 0 Å². The average molecular weight is 262 g/mol. The average Bonchev–Trinajstić information content (AvgIpc) is 2.40. The summed E-state index contributed by atoms with van der Waals surface area (Å²) in [6.07, 6.45) is 3.51. The van der Waals surface area contributed by atoms with Crippen molar-refractivity contribution in [3.8, 4) is 0 Å². The lowest BCUT2D eigenvalue weighted by molar-refractivity contribution is 0.0796. The second-order valence-electron chi connectivity index (χ2n) is 5.75. The molecule has 0 spiro atoms. The summed E-state index contributed by atoms with van der Waals surface area (Å²) < 4.78 is 0.